The number of nitrogens with one attached hydrogen (secondary N) is 2. The van der Waals surface area contributed by atoms with Gasteiger partial charge < -0.3 is 10.2 Å². The Morgan fingerprint density at radius 1 is 0.938 bits per heavy atom. The van der Waals surface area contributed by atoms with E-state index in [-0.39, 0.29) is 16.7 Å². The van der Waals surface area contributed by atoms with Gasteiger partial charge in [-0.05, 0) is 79.6 Å². The van der Waals surface area contributed by atoms with Crippen LogP contribution in [0.15, 0.2) is 77.7 Å². The second-order valence-electron chi connectivity index (χ2n) is 7.65. The van der Waals surface area contributed by atoms with Crippen molar-refractivity contribution >= 4 is 38.9 Å². The molecule has 1 heterocycles. The van der Waals surface area contributed by atoms with Crippen LogP contribution < -0.4 is 14.9 Å². The molecule has 7 nitrogen and oxygen atoms in total. The molecule has 0 aliphatic carbocycles. The highest BCUT2D eigenvalue weighted by atomic mass is 32.2. The lowest BCUT2D eigenvalue weighted by Crippen LogP contribution is -2.23. The number of carbonyl (C=O) groups is 2. The summed E-state index contributed by atoms with van der Waals surface area (Å²) in [5.74, 6) is -0.230. The summed E-state index contributed by atoms with van der Waals surface area (Å²) in [5.41, 5.74) is 3.13. The maximum absolute atomic E-state index is 12.6. The highest BCUT2D eigenvalue weighted by Gasteiger charge is 2.21. The zero-order chi connectivity index (χ0) is 22.7. The third-order valence-electron chi connectivity index (χ3n) is 5.21. The average molecular weight is 450 g/mol. The molecular formula is C24H23N3O4S. The fraction of sp³-hybridized carbons (Fsp3) is 0.167. The van der Waals surface area contributed by atoms with Crippen molar-refractivity contribution in [1.29, 1.82) is 0 Å². The second-order valence-corrected chi connectivity index (χ2v) is 9.33. The molecule has 8 heteroatoms. The summed E-state index contributed by atoms with van der Waals surface area (Å²) >= 11 is 0. The van der Waals surface area contributed by atoms with Crippen LogP contribution in [-0.4, -0.2) is 26.8 Å². The van der Waals surface area contributed by atoms with Crippen LogP contribution in [0.25, 0.3) is 0 Å². The molecule has 1 aliphatic heterocycles. The lowest BCUT2D eigenvalue weighted by Gasteiger charge is -2.15. The first-order valence-electron chi connectivity index (χ1n) is 10.2. The van der Waals surface area contributed by atoms with Crippen LogP contribution in [0, 0.1) is 6.92 Å². The molecule has 4 rings (SSSR count). The Morgan fingerprint density at radius 2 is 1.66 bits per heavy atom. The Hall–Kier alpha value is -3.65. The summed E-state index contributed by atoms with van der Waals surface area (Å²) in [7, 11) is -3.74. The number of benzene rings is 3. The molecule has 1 fully saturated rings. The summed E-state index contributed by atoms with van der Waals surface area (Å²) in [6.07, 6.45) is 1.39. The Balaban J connectivity index is 1.42. The van der Waals surface area contributed by atoms with Crippen molar-refractivity contribution in [3.63, 3.8) is 0 Å². The van der Waals surface area contributed by atoms with Crippen molar-refractivity contribution in [2.75, 3.05) is 21.5 Å². The quantitative estimate of drug-likeness (QED) is 0.590. The Labute approximate surface area is 187 Å². The van der Waals surface area contributed by atoms with Gasteiger partial charge in [0.05, 0.1) is 4.90 Å². The van der Waals surface area contributed by atoms with Gasteiger partial charge in [0, 0.05) is 35.6 Å². The van der Waals surface area contributed by atoms with Crippen LogP contribution in [-0.2, 0) is 14.8 Å². The number of hydrogen-bond acceptors (Lipinski definition) is 4. The molecule has 1 aliphatic rings. The van der Waals surface area contributed by atoms with Gasteiger partial charge in [-0.3, -0.25) is 14.3 Å². The van der Waals surface area contributed by atoms with Gasteiger partial charge in [0.1, 0.15) is 0 Å². The third-order valence-corrected chi connectivity index (χ3v) is 6.60. The molecule has 0 bridgehead atoms. The standard InChI is InChI=1S/C24H23N3O4S/c1-17-4-2-5-20(16-17)26-32(30,31)22-13-9-19(10-14-22)25-24(29)18-7-11-21(12-8-18)27-15-3-6-23(27)28/h2,4-5,7-14,16,26H,3,6,15H2,1H3,(H,25,29). The van der Waals surface area contributed by atoms with Gasteiger partial charge in [-0.1, -0.05) is 12.1 Å². The summed E-state index contributed by atoms with van der Waals surface area (Å²) in [6.45, 7) is 2.58. The topological polar surface area (TPSA) is 95.6 Å². The molecule has 2 amide bonds. The van der Waals surface area contributed by atoms with Crippen molar-refractivity contribution in [2.24, 2.45) is 0 Å². The van der Waals surface area contributed by atoms with E-state index in [4.69, 9.17) is 0 Å². The fourth-order valence-electron chi connectivity index (χ4n) is 3.56. The number of hydrogen-bond donors (Lipinski definition) is 2. The van der Waals surface area contributed by atoms with E-state index in [1.807, 2.05) is 13.0 Å². The Morgan fingerprint density at radius 3 is 2.28 bits per heavy atom. The second kappa shape index (κ2) is 8.84. The number of carbonyl (C=O) groups excluding carboxylic acids is 2. The van der Waals surface area contributed by atoms with E-state index < -0.39 is 10.0 Å². The predicted octanol–water partition coefficient (Wildman–Crippen LogP) is 4.17. The number of anilines is 3. The van der Waals surface area contributed by atoms with E-state index in [1.54, 1.807) is 59.5 Å². The van der Waals surface area contributed by atoms with Crippen molar-refractivity contribution in [2.45, 2.75) is 24.7 Å². The van der Waals surface area contributed by atoms with Gasteiger partial charge in [-0.15, -0.1) is 0 Å². The van der Waals surface area contributed by atoms with Crippen molar-refractivity contribution in [3.05, 3.63) is 83.9 Å². The predicted molar refractivity (Wildman–Crippen MR) is 124 cm³/mol. The molecular weight excluding hydrogens is 426 g/mol. The first-order chi connectivity index (χ1) is 15.3. The number of nitrogens with zero attached hydrogens (tertiary/aromatic N) is 1. The Kier molecular flexibility index (Phi) is 5.96. The molecule has 1 saturated heterocycles. The van der Waals surface area contributed by atoms with Crippen molar-refractivity contribution in [3.8, 4) is 0 Å². The van der Waals surface area contributed by atoms with E-state index in [1.165, 1.54) is 12.1 Å². The summed E-state index contributed by atoms with van der Waals surface area (Å²) in [5, 5.41) is 2.76. The zero-order valence-electron chi connectivity index (χ0n) is 17.5. The first kappa shape index (κ1) is 21.6. The maximum atomic E-state index is 12.6. The number of rotatable bonds is 6. The summed E-state index contributed by atoms with van der Waals surface area (Å²) in [6, 6.07) is 19.9. The molecule has 0 spiro atoms. The van der Waals surface area contributed by atoms with Gasteiger partial charge in [0.25, 0.3) is 15.9 Å². The maximum Gasteiger partial charge on any atom is 0.261 e. The smallest absolute Gasteiger partial charge is 0.261 e. The normalized spacial score (nSPS) is 13.8. The minimum absolute atomic E-state index is 0.0918. The Bertz CT molecular complexity index is 1250. The molecule has 2 N–H and O–H groups in total. The minimum Gasteiger partial charge on any atom is -0.322 e. The van der Waals surface area contributed by atoms with Gasteiger partial charge in [-0.25, -0.2) is 8.42 Å². The molecule has 3 aromatic rings. The third kappa shape index (κ3) is 4.81. The molecule has 0 saturated carbocycles. The minimum atomic E-state index is -3.74. The van der Waals surface area contributed by atoms with Crippen LogP contribution in [0.3, 0.4) is 0 Å². The van der Waals surface area contributed by atoms with E-state index in [0.717, 1.165) is 17.7 Å². The molecule has 0 atom stereocenters. The highest BCUT2D eigenvalue weighted by Crippen LogP contribution is 2.23. The SMILES string of the molecule is Cc1cccc(NS(=O)(=O)c2ccc(NC(=O)c3ccc(N4CCCC4=O)cc3)cc2)c1. The molecule has 0 aromatic heterocycles. The number of amides is 2. The van der Waals surface area contributed by atoms with Crippen LogP contribution in [0.2, 0.25) is 0 Å². The molecule has 164 valence electrons. The van der Waals surface area contributed by atoms with Crippen molar-refractivity contribution < 1.29 is 18.0 Å². The van der Waals surface area contributed by atoms with Crippen molar-refractivity contribution in [1.82, 2.24) is 0 Å². The van der Waals surface area contributed by atoms with Gasteiger partial charge in [0.2, 0.25) is 5.91 Å². The van der Waals surface area contributed by atoms with Gasteiger partial charge >= 0.3 is 0 Å². The van der Waals surface area contributed by atoms with Crippen LogP contribution in [0.1, 0.15) is 28.8 Å². The van der Waals surface area contributed by atoms with Gasteiger partial charge in [0.15, 0.2) is 0 Å². The van der Waals surface area contributed by atoms with Crippen LogP contribution >= 0.6 is 0 Å². The number of sulfonamides is 1. The largest absolute Gasteiger partial charge is 0.322 e. The molecule has 3 aromatic carbocycles. The van der Waals surface area contributed by atoms with E-state index in [2.05, 4.69) is 10.0 Å². The average Bonchev–Trinajstić information content (AvgIpc) is 3.20. The number of aryl methyl sites for hydroxylation is 1. The molecule has 0 radical (unpaired) electrons. The van der Waals surface area contributed by atoms with E-state index >= 15 is 0 Å². The van der Waals surface area contributed by atoms with E-state index in [9.17, 15) is 18.0 Å². The zero-order valence-corrected chi connectivity index (χ0v) is 18.4. The van der Waals surface area contributed by atoms with Crippen LogP contribution in [0.5, 0.6) is 0 Å². The van der Waals surface area contributed by atoms with E-state index in [0.29, 0.717) is 29.9 Å². The molecule has 0 unspecified atom stereocenters. The summed E-state index contributed by atoms with van der Waals surface area (Å²) < 4.78 is 27.8. The summed E-state index contributed by atoms with van der Waals surface area (Å²) in [4.78, 5) is 26.2. The lowest BCUT2D eigenvalue weighted by molar-refractivity contribution is -0.117. The molecule has 32 heavy (non-hydrogen) atoms. The lowest BCUT2D eigenvalue weighted by atomic mass is 10.1. The fourth-order valence-corrected chi connectivity index (χ4v) is 4.61. The van der Waals surface area contributed by atoms with Crippen LogP contribution in [0.4, 0.5) is 17.1 Å². The highest BCUT2D eigenvalue weighted by molar-refractivity contribution is 7.92. The monoisotopic (exact) mass is 449 g/mol. The first-order valence-corrected chi connectivity index (χ1v) is 11.7. The van der Waals surface area contributed by atoms with Gasteiger partial charge in [-0.2, -0.15) is 0 Å².